The average molecular weight is 268 g/mol. The monoisotopic (exact) mass is 267 g/mol. The van der Waals surface area contributed by atoms with Crippen LogP contribution in [0.1, 0.15) is 11.5 Å². The Morgan fingerprint density at radius 3 is 2.72 bits per heavy atom. The Kier molecular flexibility index (Phi) is 3.53. The van der Waals surface area contributed by atoms with Crippen LogP contribution in [0.3, 0.4) is 0 Å². The number of hydrogen-bond acceptors (Lipinski definition) is 4. The lowest BCUT2D eigenvalue weighted by molar-refractivity contribution is -0.384. The van der Waals surface area contributed by atoms with Gasteiger partial charge in [0.25, 0.3) is 5.69 Å². The highest BCUT2D eigenvalue weighted by Gasteiger charge is 2.12. The Labute approximate surface area is 108 Å². The number of nitro benzene ring substituents is 1. The first kappa shape index (κ1) is 12.4. The van der Waals surface area contributed by atoms with Crippen LogP contribution in [0.15, 0.2) is 34.7 Å². The lowest BCUT2D eigenvalue weighted by Gasteiger charge is -2.04. The summed E-state index contributed by atoms with van der Waals surface area (Å²) in [7, 11) is 0. The molecular formula is C12H10ClNO4. The van der Waals surface area contributed by atoms with Gasteiger partial charge in [0, 0.05) is 12.1 Å². The summed E-state index contributed by atoms with van der Waals surface area (Å²) in [5.74, 6) is 1.94. The third-order valence-corrected chi connectivity index (χ3v) is 2.60. The molecule has 0 unspecified atom stereocenters. The van der Waals surface area contributed by atoms with Gasteiger partial charge in [0.1, 0.15) is 28.9 Å². The van der Waals surface area contributed by atoms with Crippen molar-refractivity contribution in [3.8, 4) is 5.75 Å². The highest BCUT2D eigenvalue weighted by molar-refractivity contribution is 6.32. The molecule has 0 N–H and O–H groups in total. The van der Waals surface area contributed by atoms with E-state index in [4.69, 9.17) is 20.8 Å². The molecular weight excluding hydrogens is 258 g/mol. The van der Waals surface area contributed by atoms with Gasteiger partial charge in [0.15, 0.2) is 0 Å². The Bertz CT molecular complexity index is 579. The fraction of sp³-hybridized carbons (Fsp3) is 0.167. The Morgan fingerprint density at radius 1 is 1.39 bits per heavy atom. The van der Waals surface area contributed by atoms with Crippen LogP contribution in [0.2, 0.25) is 5.02 Å². The van der Waals surface area contributed by atoms with E-state index in [2.05, 4.69) is 0 Å². The summed E-state index contributed by atoms with van der Waals surface area (Å²) in [5.41, 5.74) is -0.141. The maximum absolute atomic E-state index is 10.6. The SMILES string of the molecule is Cc1ccc(COc2ccc([N+](=O)[O-])c(Cl)c2)o1. The molecule has 0 bridgehead atoms. The molecule has 1 aromatic carbocycles. The number of nitro groups is 1. The van der Waals surface area contributed by atoms with Crippen molar-refractivity contribution in [2.45, 2.75) is 13.5 Å². The van der Waals surface area contributed by atoms with Gasteiger partial charge in [0.2, 0.25) is 0 Å². The fourth-order valence-electron chi connectivity index (χ4n) is 1.44. The van der Waals surface area contributed by atoms with Crippen molar-refractivity contribution >= 4 is 17.3 Å². The summed E-state index contributed by atoms with van der Waals surface area (Å²) in [6.07, 6.45) is 0. The smallest absolute Gasteiger partial charge is 0.288 e. The van der Waals surface area contributed by atoms with Crippen LogP contribution in [-0.2, 0) is 6.61 Å². The van der Waals surface area contributed by atoms with Gasteiger partial charge < -0.3 is 9.15 Å². The summed E-state index contributed by atoms with van der Waals surface area (Å²) in [4.78, 5) is 10.0. The van der Waals surface area contributed by atoms with Crippen molar-refractivity contribution in [3.63, 3.8) is 0 Å². The van der Waals surface area contributed by atoms with Crippen LogP contribution in [0.25, 0.3) is 0 Å². The van der Waals surface area contributed by atoms with Crippen molar-refractivity contribution in [2.75, 3.05) is 0 Å². The van der Waals surface area contributed by atoms with Gasteiger partial charge in [-0.2, -0.15) is 0 Å². The van der Waals surface area contributed by atoms with Gasteiger partial charge >= 0.3 is 0 Å². The van der Waals surface area contributed by atoms with E-state index in [0.29, 0.717) is 11.5 Å². The number of ether oxygens (including phenoxy) is 1. The van der Waals surface area contributed by atoms with Crippen LogP contribution in [0.5, 0.6) is 5.75 Å². The fourth-order valence-corrected chi connectivity index (χ4v) is 1.68. The summed E-state index contributed by atoms with van der Waals surface area (Å²) >= 11 is 5.77. The van der Waals surface area contributed by atoms with E-state index in [1.807, 2.05) is 19.1 Å². The van der Waals surface area contributed by atoms with Gasteiger partial charge in [-0.25, -0.2) is 0 Å². The molecule has 0 saturated carbocycles. The van der Waals surface area contributed by atoms with Crippen LogP contribution in [0.4, 0.5) is 5.69 Å². The standard InChI is InChI=1S/C12H10ClNO4/c1-8-2-3-10(18-8)7-17-9-4-5-12(14(15)16)11(13)6-9/h2-6H,7H2,1H3. The number of halogens is 1. The highest BCUT2D eigenvalue weighted by Crippen LogP contribution is 2.28. The predicted octanol–water partition coefficient (Wildman–Crippen LogP) is 3.73. The predicted molar refractivity (Wildman–Crippen MR) is 65.9 cm³/mol. The quantitative estimate of drug-likeness (QED) is 0.625. The van der Waals surface area contributed by atoms with Crippen LogP contribution < -0.4 is 4.74 Å². The third-order valence-electron chi connectivity index (χ3n) is 2.29. The molecule has 0 aliphatic heterocycles. The minimum Gasteiger partial charge on any atom is -0.486 e. The number of aryl methyl sites for hydroxylation is 1. The van der Waals surface area contributed by atoms with Crippen molar-refractivity contribution in [2.24, 2.45) is 0 Å². The second kappa shape index (κ2) is 5.10. The summed E-state index contributed by atoms with van der Waals surface area (Å²) in [6, 6.07) is 7.87. The first-order valence-corrected chi connectivity index (χ1v) is 5.56. The molecule has 0 atom stereocenters. The molecule has 0 radical (unpaired) electrons. The molecule has 0 aliphatic carbocycles. The van der Waals surface area contributed by atoms with Crippen LogP contribution in [-0.4, -0.2) is 4.92 Å². The molecule has 6 heteroatoms. The molecule has 0 fully saturated rings. The van der Waals surface area contributed by atoms with Crippen molar-refractivity contribution < 1.29 is 14.1 Å². The first-order valence-electron chi connectivity index (χ1n) is 5.18. The van der Waals surface area contributed by atoms with E-state index in [1.54, 1.807) is 0 Å². The van der Waals surface area contributed by atoms with E-state index >= 15 is 0 Å². The summed E-state index contributed by atoms with van der Waals surface area (Å²) in [5, 5.41) is 10.6. The van der Waals surface area contributed by atoms with E-state index in [-0.39, 0.29) is 17.3 Å². The molecule has 5 nitrogen and oxygen atoms in total. The van der Waals surface area contributed by atoms with Gasteiger partial charge in [-0.1, -0.05) is 11.6 Å². The number of rotatable bonds is 4. The van der Waals surface area contributed by atoms with Crippen LogP contribution >= 0.6 is 11.6 Å². The van der Waals surface area contributed by atoms with E-state index in [9.17, 15) is 10.1 Å². The van der Waals surface area contributed by atoms with Gasteiger partial charge in [-0.05, 0) is 25.1 Å². The Hall–Kier alpha value is -2.01. The summed E-state index contributed by atoms with van der Waals surface area (Å²) in [6.45, 7) is 2.09. The Balaban J connectivity index is 2.06. The zero-order chi connectivity index (χ0) is 13.1. The Morgan fingerprint density at radius 2 is 2.17 bits per heavy atom. The molecule has 0 spiro atoms. The van der Waals surface area contributed by atoms with E-state index < -0.39 is 4.92 Å². The highest BCUT2D eigenvalue weighted by atomic mass is 35.5. The second-order valence-corrected chi connectivity index (χ2v) is 4.08. The minimum atomic E-state index is -0.540. The maximum Gasteiger partial charge on any atom is 0.288 e. The average Bonchev–Trinajstić information content (AvgIpc) is 2.72. The summed E-state index contributed by atoms with van der Waals surface area (Å²) < 4.78 is 10.8. The lowest BCUT2D eigenvalue weighted by Crippen LogP contribution is -1.95. The molecule has 0 aliphatic rings. The van der Waals surface area contributed by atoms with E-state index in [1.165, 1.54) is 18.2 Å². The third kappa shape index (κ3) is 2.81. The van der Waals surface area contributed by atoms with Crippen molar-refractivity contribution in [1.82, 2.24) is 0 Å². The van der Waals surface area contributed by atoms with Gasteiger partial charge in [0.05, 0.1) is 4.92 Å². The van der Waals surface area contributed by atoms with E-state index in [0.717, 1.165) is 5.76 Å². The molecule has 1 heterocycles. The number of hydrogen-bond donors (Lipinski definition) is 0. The number of benzene rings is 1. The normalized spacial score (nSPS) is 10.3. The largest absolute Gasteiger partial charge is 0.486 e. The first-order chi connectivity index (χ1) is 8.56. The topological polar surface area (TPSA) is 65.5 Å². The maximum atomic E-state index is 10.6. The number of furan rings is 1. The van der Waals surface area contributed by atoms with Crippen molar-refractivity contribution in [1.29, 1.82) is 0 Å². The molecule has 2 aromatic rings. The van der Waals surface area contributed by atoms with Gasteiger partial charge in [-0.15, -0.1) is 0 Å². The molecule has 0 amide bonds. The van der Waals surface area contributed by atoms with Crippen LogP contribution in [0, 0.1) is 17.0 Å². The molecule has 0 saturated heterocycles. The second-order valence-electron chi connectivity index (χ2n) is 3.67. The van der Waals surface area contributed by atoms with Gasteiger partial charge in [-0.3, -0.25) is 10.1 Å². The zero-order valence-electron chi connectivity index (χ0n) is 9.55. The lowest BCUT2D eigenvalue weighted by atomic mass is 10.3. The molecule has 2 rings (SSSR count). The molecule has 1 aromatic heterocycles. The zero-order valence-corrected chi connectivity index (χ0v) is 10.3. The minimum absolute atomic E-state index is 0.0492. The van der Waals surface area contributed by atoms with Crippen molar-refractivity contribution in [3.05, 3.63) is 57.0 Å². The molecule has 18 heavy (non-hydrogen) atoms. The molecule has 94 valence electrons. The number of nitrogens with zero attached hydrogens (tertiary/aromatic N) is 1.